The maximum atomic E-state index is 12.8. The zero-order chi connectivity index (χ0) is 20.8. The molecular weight excluding hydrogens is 444 g/mol. The SMILES string of the molecule is CSc1nccc(-c2ccc(S(=O)Nc3ccc(Cl)c(CCCN(C)C)c3)s2)n1. The van der Waals surface area contributed by atoms with Crippen LogP contribution in [0.25, 0.3) is 10.6 Å². The fourth-order valence-corrected chi connectivity index (χ4v) is 5.31. The smallest absolute Gasteiger partial charge is 0.187 e. The highest BCUT2D eigenvalue weighted by Crippen LogP contribution is 2.30. The van der Waals surface area contributed by atoms with E-state index in [1.54, 1.807) is 6.20 Å². The van der Waals surface area contributed by atoms with E-state index in [0.29, 0.717) is 0 Å². The minimum atomic E-state index is -1.35. The zero-order valence-electron chi connectivity index (χ0n) is 16.5. The van der Waals surface area contributed by atoms with Crippen molar-refractivity contribution in [1.82, 2.24) is 14.9 Å². The van der Waals surface area contributed by atoms with Crippen LogP contribution in [0.3, 0.4) is 0 Å². The van der Waals surface area contributed by atoms with Crippen molar-refractivity contribution >= 4 is 51.4 Å². The monoisotopic (exact) mass is 466 g/mol. The van der Waals surface area contributed by atoms with E-state index < -0.39 is 11.0 Å². The fourth-order valence-electron chi connectivity index (χ4n) is 2.71. The Morgan fingerprint density at radius 2 is 2.07 bits per heavy atom. The predicted octanol–water partition coefficient (Wildman–Crippen LogP) is 5.21. The van der Waals surface area contributed by atoms with Gasteiger partial charge >= 0.3 is 0 Å². The average molecular weight is 467 g/mol. The number of hydrogen-bond acceptors (Lipinski definition) is 6. The summed E-state index contributed by atoms with van der Waals surface area (Å²) in [5, 5.41) is 1.46. The molecule has 3 rings (SSSR count). The van der Waals surface area contributed by atoms with Gasteiger partial charge in [-0.05, 0) is 81.7 Å². The number of thioether (sulfide) groups is 1. The molecule has 3 aromatic rings. The lowest BCUT2D eigenvalue weighted by Crippen LogP contribution is -2.13. The Morgan fingerprint density at radius 1 is 1.24 bits per heavy atom. The summed E-state index contributed by atoms with van der Waals surface area (Å²) in [6.45, 7) is 0.999. The minimum Gasteiger partial charge on any atom is -0.309 e. The second-order valence-electron chi connectivity index (χ2n) is 6.63. The van der Waals surface area contributed by atoms with Gasteiger partial charge in [-0.25, -0.2) is 14.2 Å². The minimum absolute atomic E-state index is 0.722. The molecule has 0 spiro atoms. The fraction of sp³-hybridized carbons (Fsp3) is 0.300. The van der Waals surface area contributed by atoms with Crippen LogP contribution in [0.1, 0.15) is 12.0 Å². The van der Waals surface area contributed by atoms with Gasteiger partial charge in [0.05, 0.1) is 10.6 Å². The van der Waals surface area contributed by atoms with Gasteiger partial charge in [-0.2, -0.15) is 0 Å². The van der Waals surface area contributed by atoms with E-state index in [0.717, 1.165) is 55.6 Å². The number of hydrogen-bond donors (Lipinski definition) is 1. The van der Waals surface area contributed by atoms with E-state index in [9.17, 15) is 4.21 Å². The van der Waals surface area contributed by atoms with Crippen molar-refractivity contribution in [3.63, 3.8) is 0 Å². The summed E-state index contributed by atoms with van der Waals surface area (Å²) in [7, 11) is 2.76. The van der Waals surface area contributed by atoms with Gasteiger partial charge in [0.1, 0.15) is 4.21 Å². The van der Waals surface area contributed by atoms with Crippen LogP contribution in [0.4, 0.5) is 5.69 Å². The van der Waals surface area contributed by atoms with Gasteiger partial charge in [0.25, 0.3) is 0 Å². The van der Waals surface area contributed by atoms with E-state index in [1.165, 1.54) is 23.1 Å². The topological polar surface area (TPSA) is 58.1 Å². The molecule has 0 aliphatic carbocycles. The van der Waals surface area contributed by atoms with Crippen molar-refractivity contribution in [1.29, 1.82) is 0 Å². The van der Waals surface area contributed by atoms with Crippen molar-refractivity contribution in [2.24, 2.45) is 0 Å². The Bertz CT molecular complexity index is 993. The molecule has 0 saturated heterocycles. The first kappa shape index (κ1) is 22.2. The summed E-state index contributed by atoms with van der Waals surface area (Å²) in [6, 6.07) is 11.4. The third-order valence-corrected chi connectivity index (χ3v) is 7.60. The van der Waals surface area contributed by atoms with Crippen LogP contribution in [-0.2, 0) is 17.4 Å². The van der Waals surface area contributed by atoms with E-state index in [4.69, 9.17) is 11.6 Å². The van der Waals surface area contributed by atoms with Crippen LogP contribution in [0.2, 0.25) is 5.02 Å². The quantitative estimate of drug-likeness (QED) is 0.346. The van der Waals surface area contributed by atoms with Crippen molar-refractivity contribution in [3.05, 3.63) is 53.2 Å². The van der Waals surface area contributed by atoms with E-state index in [-0.39, 0.29) is 0 Å². The number of rotatable bonds is 9. The number of thiophene rings is 1. The largest absolute Gasteiger partial charge is 0.309 e. The Balaban J connectivity index is 1.69. The molecule has 2 heterocycles. The summed E-state index contributed by atoms with van der Waals surface area (Å²) in [5.41, 5.74) is 2.70. The summed E-state index contributed by atoms with van der Waals surface area (Å²) in [6.07, 6.45) is 5.59. The molecule has 0 saturated carbocycles. The Kier molecular flexibility index (Phi) is 8.08. The Morgan fingerprint density at radius 3 is 2.83 bits per heavy atom. The van der Waals surface area contributed by atoms with Crippen molar-refractivity contribution in [3.8, 4) is 10.6 Å². The van der Waals surface area contributed by atoms with Gasteiger partial charge in [-0.3, -0.25) is 0 Å². The molecule has 1 unspecified atom stereocenters. The van der Waals surface area contributed by atoms with Gasteiger partial charge in [-0.15, -0.1) is 11.3 Å². The van der Waals surface area contributed by atoms with Crippen LogP contribution in [-0.4, -0.2) is 46.0 Å². The third-order valence-electron chi connectivity index (χ3n) is 4.14. The number of nitrogens with one attached hydrogen (secondary N) is 1. The van der Waals surface area contributed by atoms with Gasteiger partial charge in [0.2, 0.25) is 0 Å². The number of halogens is 1. The molecule has 0 aliphatic heterocycles. The lowest BCUT2D eigenvalue weighted by atomic mass is 10.1. The molecule has 29 heavy (non-hydrogen) atoms. The van der Waals surface area contributed by atoms with E-state index >= 15 is 0 Å². The number of aromatic nitrogens is 2. The molecule has 0 bridgehead atoms. The highest BCUT2D eigenvalue weighted by Gasteiger charge is 2.12. The number of aryl methyl sites for hydroxylation is 1. The average Bonchev–Trinajstić information content (AvgIpc) is 3.20. The second-order valence-corrected chi connectivity index (χ2v) is 10.3. The predicted molar refractivity (Wildman–Crippen MR) is 125 cm³/mol. The number of anilines is 1. The first-order valence-corrected chi connectivity index (χ1v) is 12.6. The molecule has 1 N–H and O–H groups in total. The van der Waals surface area contributed by atoms with Crippen molar-refractivity contribution < 1.29 is 4.21 Å². The first-order valence-electron chi connectivity index (χ1n) is 9.05. The van der Waals surface area contributed by atoms with E-state index in [1.807, 2.05) is 42.7 Å². The van der Waals surface area contributed by atoms with Crippen LogP contribution in [0, 0.1) is 0 Å². The van der Waals surface area contributed by atoms with Crippen LogP contribution in [0.5, 0.6) is 0 Å². The molecule has 0 fully saturated rings. The zero-order valence-corrected chi connectivity index (χ0v) is 19.7. The summed E-state index contributed by atoms with van der Waals surface area (Å²) >= 11 is 9.29. The normalized spacial score (nSPS) is 12.3. The molecule has 154 valence electrons. The van der Waals surface area contributed by atoms with Gasteiger partial charge in [0, 0.05) is 16.9 Å². The molecule has 2 aromatic heterocycles. The van der Waals surface area contributed by atoms with Crippen LogP contribution >= 0.6 is 34.7 Å². The first-order chi connectivity index (χ1) is 14.0. The van der Waals surface area contributed by atoms with Crippen LogP contribution in [0.15, 0.2) is 52.0 Å². The molecule has 1 aromatic carbocycles. The van der Waals surface area contributed by atoms with E-state index in [2.05, 4.69) is 33.7 Å². The Hall–Kier alpha value is -1.45. The number of nitrogens with zero attached hydrogens (tertiary/aromatic N) is 3. The number of benzene rings is 1. The second kappa shape index (κ2) is 10.5. The Labute approximate surface area is 187 Å². The molecule has 1 atom stereocenters. The summed E-state index contributed by atoms with van der Waals surface area (Å²) in [4.78, 5) is 11.8. The lowest BCUT2D eigenvalue weighted by molar-refractivity contribution is 0.400. The van der Waals surface area contributed by atoms with Crippen molar-refractivity contribution in [2.75, 3.05) is 31.6 Å². The molecule has 0 aliphatic rings. The van der Waals surface area contributed by atoms with Crippen LogP contribution < -0.4 is 4.72 Å². The molecular formula is C20H23ClN4OS3. The maximum absolute atomic E-state index is 12.8. The highest BCUT2D eigenvalue weighted by molar-refractivity contribution is 7.98. The van der Waals surface area contributed by atoms with Gasteiger partial charge in [0.15, 0.2) is 16.1 Å². The summed E-state index contributed by atoms with van der Waals surface area (Å²) in [5.74, 6) is 0. The highest BCUT2D eigenvalue weighted by atomic mass is 35.5. The van der Waals surface area contributed by atoms with Gasteiger partial charge < -0.3 is 9.62 Å². The standard InChI is InChI=1S/C20H23ClN4OS3/c1-25(2)12-4-5-14-13-15(6-7-16(14)21)24-29(26)19-9-8-18(28-19)17-10-11-22-20(23-17)27-3/h6-11,13,24H,4-5,12H2,1-3H3. The molecule has 0 amide bonds. The molecule has 0 radical (unpaired) electrons. The lowest BCUT2D eigenvalue weighted by Gasteiger charge is -2.11. The van der Waals surface area contributed by atoms with Crippen molar-refractivity contribution in [2.45, 2.75) is 22.2 Å². The van der Waals surface area contributed by atoms with Gasteiger partial charge in [-0.1, -0.05) is 23.4 Å². The summed E-state index contributed by atoms with van der Waals surface area (Å²) < 4.78 is 16.6. The third kappa shape index (κ3) is 6.26. The maximum Gasteiger partial charge on any atom is 0.187 e. The molecule has 5 nitrogen and oxygen atoms in total. The molecule has 9 heteroatoms.